The van der Waals surface area contributed by atoms with E-state index in [2.05, 4.69) is 17.4 Å². The number of rotatable bonds is 10. The molecule has 0 bridgehead atoms. The quantitative estimate of drug-likeness (QED) is 0.596. The lowest BCUT2D eigenvalue weighted by Crippen LogP contribution is -2.37. The number of hydrogen-bond acceptors (Lipinski definition) is 5. The van der Waals surface area contributed by atoms with Crippen molar-refractivity contribution < 1.29 is 17.9 Å². The van der Waals surface area contributed by atoms with E-state index in [-0.39, 0.29) is 5.91 Å². The molecule has 2 rings (SSSR count). The van der Waals surface area contributed by atoms with Crippen molar-refractivity contribution in [2.75, 3.05) is 29.9 Å². The zero-order valence-electron chi connectivity index (χ0n) is 16.3. The maximum atomic E-state index is 12.2. The minimum absolute atomic E-state index is 0.183. The molecule has 2 aromatic rings. The highest BCUT2D eigenvalue weighted by molar-refractivity contribution is 7.98. The molecule has 0 heterocycles. The highest BCUT2D eigenvalue weighted by Gasteiger charge is 2.15. The summed E-state index contributed by atoms with van der Waals surface area (Å²) in [5.41, 5.74) is 1.79. The number of ether oxygens (including phenoxy) is 1. The van der Waals surface area contributed by atoms with E-state index in [0.717, 1.165) is 17.8 Å². The fourth-order valence-corrected chi connectivity index (χ4v) is 3.66. The van der Waals surface area contributed by atoms with E-state index in [1.54, 1.807) is 43.0 Å². The van der Waals surface area contributed by atoms with Gasteiger partial charge in [-0.2, -0.15) is 11.8 Å². The Hall–Kier alpha value is -2.19. The maximum Gasteiger partial charge on any atom is 0.260 e. The van der Waals surface area contributed by atoms with Crippen LogP contribution in [0.2, 0.25) is 0 Å². The van der Waals surface area contributed by atoms with Crippen LogP contribution in [0.4, 0.5) is 5.69 Å². The Bertz CT molecular complexity index is 856. The highest BCUT2D eigenvalue weighted by atomic mass is 32.2. The van der Waals surface area contributed by atoms with E-state index in [4.69, 9.17) is 4.74 Å². The molecule has 1 amide bonds. The molecule has 0 unspecified atom stereocenters. The first-order valence-corrected chi connectivity index (χ1v) is 11.9. The van der Waals surface area contributed by atoms with Crippen LogP contribution in [0, 0.1) is 0 Å². The highest BCUT2D eigenvalue weighted by Crippen LogP contribution is 2.21. The third-order valence-electron chi connectivity index (χ3n) is 4.04. The predicted octanol–water partition coefficient (Wildman–Crippen LogP) is 2.90. The summed E-state index contributed by atoms with van der Waals surface area (Å²) in [6.07, 6.45) is 0.500. The van der Waals surface area contributed by atoms with Crippen LogP contribution in [-0.4, -0.2) is 46.0 Å². The van der Waals surface area contributed by atoms with E-state index in [1.165, 1.54) is 16.9 Å². The molecule has 1 atom stereocenters. The van der Waals surface area contributed by atoms with Crippen LogP contribution in [0.3, 0.4) is 0 Å². The molecule has 0 saturated heterocycles. The lowest BCUT2D eigenvalue weighted by Gasteiger charge is -2.18. The molecular formula is C20H26N2O4S2. The number of nitrogens with one attached hydrogen (secondary N) is 1. The molecule has 0 fully saturated rings. The Kier molecular flexibility index (Phi) is 8.19. The minimum Gasteiger partial charge on any atom is -0.481 e. The van der Waals surface area contributed by atoms with E-state index in [0.29, 0.717) is 18.0 Å². The van der Waals surface area contributed by atoms with Gasteiger partial charge in [-0.05, 0) is 36.8 Å². The van der Waals surface area contributed by atoms with Gasteiger partial charge in [-0.1, -0.05) is 30.3 Å². The number of anilines is 1. The minimum atomic E-state index is -3.31. The van der Waals surface area contributed by atoms with Gasteiger partial charge in [0, 0.05) is 25.1 Å². The molecule has 1 N–H and O–H groups in total. The van der Waals surface area contributed by atoms with E-state index in [9.17, 15) is 13.2 Å². The van der Waals surface area contributed by atoms with Crippen LogP contribution in [0.1, 0.15) is 12.5 Å². The first kappa shape index (κ1) is 22.1. The molecule has 28 heavy (non-hydrogen) atoms. The third kappa shape index (κ3) is 7.09. The molecular weight excluding hydrogens is 396 g/mol. The summed E-state index contributed by atoms with van der Waals surface area (Å²) in [5.74, 6) is 2.06. The number of amides is 1. The zero-order chi connectivity index (χ0) is 20.6. The molecule has 0 aromatic heterocycles. The van der Waals surface area contributed by atoms with Gasteiger partial charge in [-0.15, -0.1) is 0 Å². The van der Waals surface area contributed by atoms with Gasteiger partial charge in [0.15, 0.2) is 6.10 Å². The number of carbonyl (C=O) groups is 1. The normalized spacial score (nSPS) is 12.2. The number of hydrogen-bond donors (Lipinski definition) is 1. The van der Waals surface area contributed by atoms with Gasteiger partial charge in [0.1, 0.15) is 5.75 Å². The van der Waals surface area contributed by atoms with E-state index in [1.807, 2.05) is 18.2 Å². The Morgan fingerprint density at radius 2 is 1.79 bits per heavy atom. The van der Waals surface area contributed by atoms with Crippen molar-refractivity contribution in [2.45, 2.75) is 18.8 Å². The Morgan fingerprint density at radius 3 is 2.39 bits per heavy atom. The molecule has 6 nitrogen and oxygen atoms in total. The number of nitrogens with zero attached hydrogens (tertiary/aromatic N) is 1. The van der Waals surface area contributed by atoms with Crippen molar-refractivity contribution in [3.05, 3.63) is 60.2 Å². The SMILES string of the molecule is C[C@H](Oc1ccc(N(C)S(C)(=O)=O)cc1)C(=O)NCCSCc1ccccc1. The van der Waals surface area contributed by atoms with Crippen molar-refractivity contribution in [3.8, 4) is 5.75 Å². The second kappa shape index (κ2) is 10.4. The predicted molar refractivity (Wildman–Crippen MR) is 115 cm³/mol. The van der Waals surface area contributed by atoms with Crippen LogP contribution in [0.15, 0.2) is 54.6 Å². The summed E-state index contributed by atoms with van der Waals surface area (Å²) in [6.45, 7) is 2.26. The molecule has 0 radical (unpaired) electrons. The summed E-state index contributed by atoms with van der Waals surface area (Å²) >= 11 is 1.76. The summed E-state index contributed by atoms with van der Waals surface area (Å²) in [7, 11) is -1.83. The lowest BCUT2D eigenvalue weighted by molar-refractivity contribution is -0.127. The Balaban J connectivity index is 1.73. The van der Waals surface area contributed by atoms with E-state index < -0.39 is 16.1 Å². The molecule has 0 aliphatic carbocycles. The topological polar surface area (TPSA) is 75.7 Å². The van der Waals surface area contributed by atoms with Crippen molar-refractivity contribution in [1.82, 2.24) is 5.32 Å². The molecule has 0 spiro atoms. The largest absolute Gasteiger partial charge is 0.481 e. The van der Waals surface area contributed by atoms with Gasteiger partial charge in [0.2, 0.25) is 10.0 Å². The van der Waals surface area contributed by atoms with Crippen molar-refractivity contribution >= 4 is 33.4 Å². The van der Waals surface area contributed by atoms with Crippen molar-refractivity contribution in [1.29, 1.82) is 0 Å². The van der Waals surface area contributed by atoms with Gasteiger partial charge in [-0.3, -0.25) is 9.10 Å². The fourth-order valence-electron chi connectivity index (χ4n) is 2.34. The second-order valence-corrected chi connectivity index (χ2v) is 9.43. The fraction of sp³-hybridized carbons (Fsp3) is 0.350. The standard InChI is InChI=1S/C20H26N2O4S2/c1-16(20(23)21-13-14-27-15-17-7-5-4-6-8-17)26-19-11-9-18(10-12-19)22(2)28(3,24)25/h4-12,16H,13-15H2,1-3H3,(H,21,23)/t16-/m0/s1. The lowest BCUT2D eigenvalue weighted by atomic mass is 10.2. The number of thioether (sulfide) groups is 1. The van der Waals surface area contributed by atoms with Crippen LogP contribution in [0.25, 0.3) is 0 Å². The third-order valence-corrected chi connectivity index (χ3v) is 6.27. The monoisotopic (exact) mass is 422 g/mol. The van der Waals surface area contributed by atoms with Crippen LogP contribution in [0.5, 0.6) is 5.75 Å². The average Bonchev–Trinajstić information content (AvgIpc) is 2.67. The maximum absolute atomic E-state index is 12.2. The van der Waals surface area contributed by atoms with Crippen molar-refractivity contribution in [2.24, 2.45) is 0 Å². The first-order chi connectivity index (χ1) is 13.3. The van der Waals surface area contributed by atoms with E-state index >= 15 is 0 Å². The first-order valence-electron chi connectivity index (χ1n) is 8.87. The number of carbonyl (C=O) groups excluding carboxylic acids is 1. The van der Waals surface area contributed by atoms with Gasteiger partial charge in [0.25, 0.3) is 5.91 Å². The Morgan fingerprint density at radius 1 is 1.14 bits per heavy atom. The smallest absolute Gasteiger partial charge is 0.260 e. The van der Waals surface area contributed by atoms with Gasteiger partial charge < -0.3 is 10.1 Å². The molecule has 152 valence electrons. The number of sulfonamides is 1. The molecule has 2 aromatic carbocycles. The zero-order valence-corrected chi connectivity index (χ0v) is 17.9. The molecule has 0 aliphatic rings. The van der Waals surface area contributed by atoms with Crippen LogP contribution >= 0.6 is 11.8 Å². The molecule has 0 aliphatic heterocycles. The van der Waals surface area contributed by atoms with Gasteiger partial charge in [0.05, 0.1) is 11.9 Å². The van der Waals surface area contributed by atoms with Crippen molar-refractivity contribution in [3.63, 3.8) is 0 Å². The van der Waals surface area contributed by atoms with Crippen LogP contribution in [-0.2, 0) is 20.6 Å². The van der Waals surface area contributed by atoms with Gasteiger partial charge in [-0.25, -0.2) is 8.42 Å². The van der Waals surface area contributed by atoms with Crippen LogP contribution < -0.4 is 14.4 Å². The number of benzene rings is 2. The Labute approximate surface area is 171 Å². The molecule has 0 saturated carbocycles. The summed E-state index contributed by atoms with van der Waals surface area (Å²) in [4.78, 5) is 12.2. The summed E-state index contributed by atoms with van der Waals surface area (Å²) < 4.78 is 29.9. The second-order valence-electron chi connectivity index (χ2n) is 6.31. The average molecular weight is 423 g/mol. The summed E-state index contributed by atoms with van der Waals surface area (Å²) in [5, 5.41) is 2.87. The molecule has 8 heteroatoms. The van der Waals surface area contributed by atoms with Gasteiger partial charge >= 0.3 is 0 Å². The summed E-state index contributed by atoms with van der Waals surface area (Å²) in [6, 6.07) is 16.8.